The van der Waals surface area contributed by atoms with Crippen LogP contribution in [0, 0.1) is 5.92 Å². The lowest BCUT2D eigenvalue weighted by atomic mass is 10.00. The van der Waals surface area contributed by atoms with Gasteiger partial charge in [-0.3, -0.25) is 4.79 Å². The summed E-state index contributed by atoms with van der Waals surface area (Å²) in [4.78, 5) is 14.4. The van der Waals surface area contributed by atoms with Gasteiger partial charge in [0, 0.05) is 10.2 Å². The topological polar surface area (TPSA) is 20.3 Å². The molecule has 0 radical (unpaired) electrons. The maximum Gasteiger partial charge on any atom is 0.204 e. The van der Waals surface area contributed by atoms with Crippen molar-refractivity contribution in [1.29, 1.82) is 0 Å². The first-order chi connectivity index (χ1) is 11.1. The summed E-state index contributed by atoms with van der Waals surface area (Å²) in [5.74, 6) is 0.978. The third kappa shape index (κ3) is 9.20. The first kappa shape index (κ1) is 22.2. The fourth-order valence-electron chi connectivity index (χ4n) is 2.04. The molecule has 0 saturated carbocycles. The highest BCUT2D eigenvalue weighted by molar-refractivity contribution is 7.62. The molecule has 0 spiro atoms. The lowest BCUT2D eigenvalue weighted by Gasteiger charge is -2.26. The van der Waals surface area contributed by atoms with E-state index in [2.05, 4.69) is 18.9 Å². The fraction of sp³-hybridized carbons (Fsp3) is 0.579. The molecule has 0 amide bonds. The van der Waals surface area contributed by atoms with Crippen LogP contribution in [-0.2, 0) is 4.79 Å². The van der Waals surface area contributed by atoms with Crippen molar-refractivity contribution >= 4 is 30.4 Å². The lowest BCUT2D eigenvalue weighted by Crippen LogP contribution is -2.28. The van der Waals surface area contributed by atoms with Gasteiger partial charge >= 0.3 is 0 Å². The molecule has 1 aromatic rings. The van der Waals surface area contributed by atoms with Crippen LogP contribution in [0.1, 0.15) is 52.3 Å². The van der Waals surface area contributed by atoms with Crippen LogP contribution in [0.4, 0.5) is 0 Å². The molecule has 23 heavy (non-hydrogen) atoms. The highest BCUT2D eigenvalue weighted by Gasteiger charge is 2.10. The molecule has 0 N–H and O–H groups in total. The average Bonchev–Trinajstić information content (AvgIpc) is 3.26. The van der Waals surface area contributed by atoms with E-state index in [0.717, 1.165) is 19.4 Å². The molecule has 1 fully saturated rings. The molecule has 130 valence electrons. The first-order valence-electron chi connectivity index (χ1n) is 8.68. The minimum absolute atomic E-state index is 0.188. The number of carbonyl (C=O) groups excluding carboxylic acids is 1. The Morgan fingerprint density at radius 1 is 1.13 bits per heavy atom. The van der Waals surface area contributed by atoms with Crippen LogP contribution in [0.3, 0.4) is 0 Å². The second kappa shape index (κ2) is 13.7. The molecular formula is C19H32NOPS. The minimum Gasteiger partial charge on any atom is -0.306 e. The van der Waals surface area contributed by atoms with Gasteiger partial charge in [0.05, 0.1) is 0 Å². The summed E-state index contributed by atoms with van der Waals surface area (Å²) in [7, 11) is 3.02. The summed E-state index contributed by atoms with van der Waals surface area (Å²) in [5, 5.41) is 3.15. The standard InChI is InChI=1S/C8H5OPS.C7H15N.2C2H6/c9-8-4-3-6(10-8)7-2-1-5-11-7;1-7-3-5-8(2)6-4-7;2*1-2/h1-5H;7H,3-6H2,1-2H3;2*1-2H3. The van der Waals surface area contributed by atoms with E-state index < -0.39 is 0 Å². The summed E-state index contributed by atoms with van der Waals surface area (Å²) in [5.41, 5.74) is 0.188. The zero-order chi connectivity index (χ0) is 17.7. The van der Waals surface area contributed by atoms with Gasteiger partial charge in [-0.1, -0.05) is 40.7 Å². The van der Waals surface area contributed by atoms with Crippen LogP contribution in [0.25, 0.3) is 0 Å². The van der Waals surface area contributed by atoms with Crippen molar-refractivity contribution in [1.82, 2.24) is 4.90 Å². The van der Waals surface area contributed by atoms with Crippen LogP contribution in [-0.4, -0.2) is 35.9 Å². The number of nitrogens with zero attached hydrogens (tertiary/aromatic N) is 1. The van der Waals surface area contributed by atoms with E-state index in [1.807, 2.05) is 51.3 Å². The van der Waals surface area contributed by atoms with Gasteiger partial charge in [0.2, 0.25) is 5.52 Å². The van der Waals surface area contributed by atoms with E-state index in [0.29, 0.717) is 0 Å². The zero-order valence-electron chi connectivity index (χ0n) is 15.5. The van der Waals surface area contributed by atoms with E-state index in [9.17, 15) is 4.79 Å². The number of hydrogen-bond acceptors (Lipinski definition) is 3. The van der Waals surface area contributed by atoms with E-state index in [1.165, 1.54) is 30.8 Å². The van der Waals surface area contributed by atoms with Crippen LogP contribution < -0.4 is 0 Å². The third-order valence-electron chi connectivity index (χ3n) is 3.40. The smallest absolute Gasteiger partial charge is 0.204 e. The van der Waals surface area contributed by atoms with Crippen molar-refractivity contribution in [3.8, 4) is 0 Å². The van der Waals surface area contributed by atoms with Crippen molar-refractivity contribution in [3.05, 3.63) is 34.5 Å². The van der Waals surface area contributed by atoms with Gasteiger partial charge in [-0.05, 0) is 70.7 Å². The Balaban J connectivity index is 0.000000358. The molecule has 2 aliphatic rings. The van der Waals surface area contributed by atoms with E-state index in [1.54, 1.807) is 17.4 Å². The zero-order valence-corrected chi connectivity index (χ0v) is 17.2. The van der Waals surface area contributed by atoms with Gasteiger partial charge < -0.3 is 4.90 Å². The Morgan fingerprint density at radius 3 is 2.13 bits per heavy atom. The van der Waals surface area contributed by atoms with Crippen molar-refractivity contribution in [2.24, 2.45) is 5.92 Å². The van der Waals surface area contributed by atoms with Gasteiger partial charge in [-0.15, -0.1) is 11.3 Å². The Labute approximate surface area is 148 Å². The number of piperidine rings is 1. The summed E-state index contributed by atoms with van der Waals surface area (Å²) in [6.45, 7) is 13.0. The predicted molar refractivity (Wildman–Crippen MR) is 108 cm³/mol. The highest BCUT2D eigenvalue weighted by atomic mass is 32.1. The molecule has 2 aliphatic heterocycles. The number of carbonyl (C=O) groups is 1. The molecule has 4 heteroatoms. The lowest BCUT2D eigenvalue weighted by molar-refractivity contribution is -0.107. The maximum absolute atomic E-state index is 10.8. The summed E-state index contributed by atoms with van der Waals surface area (Å²) in [6, 6.07) is 4.04. The Morgan fingerprint density at radius 2 is 1.74 bits per heavy atom. The molecule has 0 aromatic carbocycles. The number of hydrogen-bond donors (Lipinski definition) is 0. The number of likely N-dealkylation sites (tertiary alicyclic amines) is 1. The fourth-order valence-corrected chi connectivity index (χ4v) is 3.71. The predicted octanol–water partition coefficient (Wildman–Crippen LogP) is 5.71. The SMILES string of the molecule is CC.CC.CC1CCN(C)CC1.O=C1C=CC(c2cccs2)=P1. The second-order valence-electron chi connectivity index (χ2n) is 5.13. The largest absolute Gasteiger partial charge is 0.306 e. The van der Waals surface area contributed by atoms with Crippen LogP contribution in [0.15, 0.2) is 29.7 Å². The summed E-state index contributed by atoms with van der Waals surface area (Å²) < 4.78 is 0. The van der Waals surface area contributed by atoms with E-state index in [-0.39, 0.29) is 5.52 Å². The molecule has 0 aliphatic carbocycles. The Hall–Kier alpha value is -0.760. The highest BCUT2D eigenvalue weighted by Crippen LogP contribution is 2.21. The third-order valence-corrected chi connectivity index (χ3v) is 5.45. The number of allylic oxidation sites excluding steroid dienone is 2. The molecule has 0 unspecified atom stereocenters. The van der Waals surface area contributed by atoms with Gasteiger partial charge in [-0.25, -0.2) is 0 Å². The average molecular weight is 354 g/mol. The van der Waals surface area contributed by atoms with Gasteiger partial charge in [0.15, 0.2) is 0 Å². The molecule has 3 rings (SSSR count). The van der Waals surface area contributed by atoms with Gasteiger partial charge in [-0.2, -0.15) is 0 Å². The second-order valence-corrected chi connectivity index (χ2v) is 7.23. The molecule has 1 saturated heterocycles. The Kier molecular flexibility index (Phi) is 13.2. The number of thiophene rings is 1. The molecular weight excluding hydrogens is 321 g/mol. The molecule has 0 atom stereocenters. The number of rotatable bonds is 1. The van der Waals surface area contributed by atoms with Gasteiger partial charge in [0.25, 0.3) is 0 Å². The van der Waals surface area contributed by atoms with Crippen molar-refractivity contribution in [3.63, 3.8) is 0 Å². The normalized spacial score (nSPS) is 17.8. The summed E-state index contributed by atoms with van der Waals surface area (Å²) in [6.07, 6.45) is 6.33. The van der Waals surface area contributed by atoms with Crippen molar-refractivity contribution < 1.29 is 4.79 Å². The maximum atomic E-state index is 10.8. The van der Waals surface area contributed by atoms with E-state index >= 15 is 0 Å². The van der Waals surface area contributed by atoms with Crippen LogP contribution in [0.2, 0.25) is 0 Å². The molecule has 2 nitrogen and oxygen atoms in total. The van der Waals surface area contributed by atoms with Crippen molar-refractivity contribution in [2.75, 3.05) is 20.1 Å². The van der Waals surface area contributed by atoms with E-state index in [4.69, 9.17) is 0 Å². The molecule has 1 aromatic heterocycles. The van der Waals surface area contributed by atoms with Crippen LogP contribution >= 0.6 is 19.5 Å². The quantitative estimate of drug-likeness (QED) is 0.603. The monoisotopic (exact) mass is 353 g/mol. The van der Waals surface area contributed by atoms with Gasteiger partial charge in [0.1, 0.15) is 0 Å². The Bertz CT molecular complexity index is 462. The molecule has 3 heterocycles. The summed E-state index contributed by atoms with van der Waals surface area (Å²) >= 11 is 1.67. The first-order valence-corrected chi connectivity index (χ1v) is 10.5. The van der Waals surface area contributed by atoms with Crippen LogP contribution in [0.5, 0.6) is 0 Å². The minimum atomic E-state index is 0.188. The van der Waals surface area contributed by atoms with Crippen molar-refractivity contribution in [2.45, 2.75) is 47.5 Å². The molecule has 0 bridgehead atoms.